The Balaban J connectivity index is 1.39. The molecule has 2 aliphatic rings. The fraction of sp³-hybridized carbons (Fsp3) is 0.458. The first-order valence-corrected chi connectivity index (χ1v) is 11.2. The Morgan fingerprint density at radius 2 is 1.97 bits per heavy atom. The number of carbonyl (C=O) groups excluding carboxylic acids is 1. The predicted octanol–water partition coefficient (Wildman–Crippen LogP) is 3.59. The molecule has 0 spiro atoms. The number of allylic oxidation sites excluding steroid dienone is 1. The van der Waals surface area contributed by atoms with E-state index >= 15 is 0 Å². The Morgan fingerprint density at radius 1 is 1.13 bits per heavy atom. The molecule has 1 aromatic carbocycles. The largest absolute Gasteiger partial charge is 0.355 e. The van der Waals surface area contributed by atoms with Crippen molar-refractivity contribution in [3.8, 4) is 5.69 Å². The van der Waals surface area contributed by atoms with Crippen LogP contribution in [-0.2, 0) is 4.79 Å². The molecule has 1 fully saturated rings. The Hall–Kier alpha value is -2.96. The van der Waals surface area contributed by atoms with E-state index in [-0.39, 0.29) is 23.2 Å². The van der Waals surface area contributed by atoms with Gasteiger partial charge in [-0.2, -0.15) is 4.68 Å². The van der Waals surface area contributed by atoms with Crippen LogP contribution in [0.25, 0.3) is 5.69 Å². The van der Waals surface area contributed by atoms with Gasteiger partial charge in [0.05, 0.1) is 11.6 Å². The number of hydrogen-bond acceptors (Lipinski definition) is 4. The van der Waals surface area contributed by atoms with E-state index in [2.05, 4.69) is 21.4 Å². The number of nitrogens with zero attached hydrogens (tertiary/aromatic N) is 3. The Kier molecular flexibility index (Phi) is 6.79. The number of carbonyl (C=O) groups is 1. The second-order valence-corrected chi connectivity index (χ2v) is 8.35. The molecule has 2 aromatic rings. The number of anilines is 1. The Bertz CT molecular complexity index is 999. The molecule has 1 N–H and O–H groups in total. The number of halogens is 1. The molecule has 1 aliphatic carbocycles. The fourth-order valence-corrected chi connectivity index (χ4v) is 4.36. The molecule has 6 nitrogen and oxygen atoms in total. The number of amides is 1. The van der Waals surface area contributed by atoms with Crippen LogP contribution in [-0.4, -0.2) is 35.3 Å². The highest BCUT2D eigenvalue weighted by Crippen LogP contribution is 2.22. The molecule has 0 radical (unpaired) electrons. The minimum atomic E-state index is -0.363. The van der Waals surface area contributed by atoms with Crippen molar-refractivity contribution in [1.29, 1.82) is 0 Å². The molecule has 1 amide bonds. The van der Waals surface area contributed by atoms with Crippen molar-refractivity contribution in [2.75, 3.05) is 24.5 Å². The van der Waals surface area contributed by atoms with Crippen molar-refractivity contribution >= 4 is 11.7 Å². The highest BCUT2D eigenvalue weighted by atomic mass is 19.1. The molecule has 1 aromatic heterocycles. The van der Waals surface area contributed by atoms with E-state index in [1.54, 1.807) is 6.07 Å². The number of hydrogen-bond donors (Lipinski definition) is 1. The van der Waals surface area contributed by atoms with Crippen molar-refractivity contribution in [3.63, 3.8) is 0 Å². The van der Waals surface area contributed by atoms with Gasteiger partial charge in [0.25, 0.3) is 5.56 Å². The third kappa shape index (κ3) is 5.40. The molecule has 31 heavy (non-hydrogen) atoms. The third-order valence-corrected chi connectivity index (χ3v) is 6.10. The first-order valence-electron chi connectivity index (χ1n) is 11.2. The summed E-state index contributed by atoms with van der Waals surface area (Å²) in [5.74, 6) is 0.279. The van der Waals surface area contributed by atoms with Gasteiger partial charge in [-0.25, -0.2) is 4.39 Å². The van der Waals surface area contributed by atoms with Crippen LogP contribution in [0.3, 0.4) is 0 Å². The Morgan fingerprint density at radius 3 is 2.74 bits per heavy atom. The SMILES string of the molecule is O=C(NCCC1=CCCCC1)C1CCCN(c2ccc(=O)n(-c3ccc(F)cc3)n2)C1. The highest BCUT2D eigenvalue weighted by molar-refractivity contribution is 5.79. The van der Waals surface area contributed by atoms with Crippen LogP contribution < -0.4 is 15.8 Å². The molecule has 1 unspecified atom stereocenters. The lowest BCUT2D eigenvalue weighted by atomic mass is 9.96. The molecular formula is C24H29FN4O2. The van der Waals surface area contributed by atoms with Crippen molar-refractivity contribution in [3.05, 3.63) is 64.2 Å². The van der Waals surface area contributed by atoms with Crippen molar-refractivity contribution < 1.29 is 9.18 Å². The van der Waals surface area contributed by atoms with E-state index in [1.807, 2.05) is 0 Å². The zero-order valence-electron chi connectivity index (χ0n) is 17.7. The summed E-state index contributed by atoms with van der Waals surface area (Å²) in [7, 11) is 0. The highest BCUT2D eigenvalue weighted by Gasteiger charge is 2.26. The van der Waals surface area contributed by atoms with Gasteiger partial charge in [0, 0.05) is 25.7 Å². The lowest BCUT2D eigenvalue weighted by Crippen LogP contribution is -2.44. The summed E-state index contributed by atoms with van der Waals surface area (Å²) in [4.78, 5) is 27.1. The van der Waals surface area contributed by atoms with Crippen molar-refractivity contribution in [2.45, 2.75) is 44.9 Å². The number of benzene rings is 1. The van der Waals surface area contributed by atoms with Crippen LogP contribution in [0.4, 0.5) is 10.2 Å². The average Bonchev–Trinajstić information content (AvgIpc) is 2.81. The fourth-order valence-electron chi connectivity index (χ4n) is 4.36. The van der Waals surface area contributed by atoms with Gasteiger partial charge < -0.3 is 10.2 Å². The maximum absolute atomic E-state index is 13.2. The van der Waals surface area contributed by atoms with Gasteiger partial charge in [0.1, 0.15) is 11.6 Å². The number of nitrogens with one attached hydrogen (secondary N) is 1. The molecule has 0 saturated carbocycles. The van der Waals surface area contributed by atoms with Gasteiger partial charge in [0.15, 0.2) is 0 Å². The van der Waals surface area contributed by atoms with E-state index in [1.165, 1.54) is 53.4 Å². The zero-order valence-corrected chi connectivity index (χ0v) is 17.7. The molecule has 0 bridgehead atoms. The summed E-state index contributed by atoms with van der Waals surface area (Å²) in [6, 6.07) is 8.83. The lowest BCUT2D eigenvalue weighted by Gasteiger charge is -2.33. The standard InChI is InChI=1S/C24H29FN4O2/c25-20-8-10-21(11-9-20)29-23(30)13-12-22(27-29)28-16-4-7-19(17-28)24(31)26-15-14-18-5-2-1-3-6-18/h5,8-13,19H,1-4,6-7,14-17H2,(H,26,31). The molecule has 1 aliphatic heterocycles. The molecule has 4 rings (SSSR count). The quantitative estimate of drug-likeness (QED) is 0.720. The van der Waals surface area contributed by atoms with Crippen LogP contribution in [0.2, 0.25) is 0 Å². The second-order valence-electron chi connectivity index (χ2n) is 8.35. The van der Waals surface area contributed by atoms with E-state index in [0.29, 0.717) is 24.6 Å². The molecule has 2 heterocycles. The van der Waals surface area contributed by atoms with Crippen LogP contribution in [0, 0.1) is 11.7 Å². The summed E-state index contributed by atoms with van der Waals surface area (Å²) in [6.45, 7) is 2.04. The summed E-state index contributed by atoms with van der Waals surface area (Å²) in [6.07, 6.45) is 9.84. The molecule has 1 saturated heterocycles. The monoisotopic (exact) mass is 424 g/mol. The smallest absolute Gasteiger partial charge is 0.271 e. The van der Waals surface area contributed by atoms with E-state index in [0.717, 1.165) is 38.6 Å². The predicted molar refractivity (Wildman–Crippen MR) is 119 cm³/mol. The van der Waals surface area contributed by atoms with Gasteiger partial charge >= 0.3 is 0 Å². The number of aromatic nitrogens is 2. The third-order valence-electron chi connectivity index (χ3n) is 6.10. The summed E-state index contributed by atoms with van der Waals surface area (Å²) >= 11 is 0. The molecule has 164 valence electrons. The molecule has 1 atom stereocenters. The summed E-state index contributed by atoms with van der Waals surface area (Å²) in [5.41, 5.74) is 1.69. The van der Waals surface area contributed by atoms with Crippen LogP contribution in [0.5, 0.6) is 0 Å². The van der Waals surface area contributed by atoms with E-state index in [9.17, 15) is 14.0 Å². The maximum Gasteiger partial charge on any atom is 0.271 e. The Labute approximate surface area is 181 Å². The first kappa shape index (κ1) is 21.3. The lowest BCUT2D eigenvalue weighted by molar-refractivity contribution is -0.125. The van der Waals surface area contributed by atoms with Crippen LogP contribution >= 0.6 is 0 Å². The van der Waals surface area contributed by atoms with Crippen molar-refractivity contribution in [2.24, 2.45) is 5.92 Å². The van der Waals surface area contributed by atoms with E-state index in [4.69, 9.17) is 0 Å². The molecular weight excluding hydrogens is 395 g/mol. The van der Waals surface area contributed by atoms with Gasteiger partial charge in [-0.05, 0) is 75.3 Å². The minimum absolute atomic E-state index is 0.0907. The summed E-state index contributed by atoms with van der Waals surface area (Å²) < 4.78 is 14.5. The van der Waals surface area contributed by atoms with Crippen LogP contribution in [0.1, 0.15) is 44.9 Å². The van der Waals surface area contributed by atoms with Crippen molar-refractivity contribution in [1.82, 2.24) is 15.1 Å². The van der Waals surface area contributed by atoms with Gasteiger partial charge in [-0.3, -0.25) is 9.59 Å². The number of rotatable bonds is 6. The van der Waals surface area contributed by atoms with Gasteiger partial charge in [0.2, 0.25) is 5.91 Å². The van der Waals surface area contributed by atoms with Gasteiger partial charge in [-0.15, -0.1) is 5.10 Å². The van der Waals surface area contributed by atoms with E-state index < -0.39 is 0 Å². The zero-order chi connectivity index (χ0) is 21.6. The normalized spacial score (nSPS) is 19.1. The number of piperidine rings is 1. The first-order chi connectivity index (χ1) is 15.1. The van der Waals surface area contributed by atoms with Crippen LogP contribution in [0.15, 0.2) is 52.8 Å². The maximum atomic E-state index is 13.2. The molecule has 7 heteroatoms. The topological polar surface area (TPSA) is 67.2 Å². The summed E-state index contributed by atoms with van der Waals surface area (Å²) in [5, 5.41) is 7.59. The minimum Gasteiger partial charge on any atom is -0.355 e. The second kappa shape index (κ2) is 9.90. The van der Waals surface area contributed by atoms with Gasteiger partial charge in [-0.1, -0.05) is 11.6 Å². The average molecular weight is 425 g/mol.